The normalized spacial score (nSPS) is 10.4. The van der Waals surface area contributed by atoms with Crippen LogP contribution >= 0.6 is 11.3 Å². The van der Waals surface area contributed by atoms with Crippen molar-refractivity contribution >= 4 is 28.1 Å². The van der Waals surface area contributed by atoms with Gasteiger partial charge in [-0.1, -0.05) is 0 Å². The van der Waals surface area contributed by atoms with Gasteiger partial charge in [0.05, 0.1) is 0 Å². The molecule has 1 heterocycles. The zero-order chi connectivity index (χ0) is 13.3. The molecule has 0 radical (unpaired) electrons. The predicted octanol–water partition coefficient (Wildman–Crippen LogP) is 3.00. The second kappa shape index (κ2) is 4.65. The number of aromatic carboxylic acids is 1. The van der Waals surface area contributed by atoms with E-state index in [1.807, 2.05) is 0 Å². The molecule has 0 spiro atoms. The summed E-state index contributed by atoms with van der Waals surface area (Å²) in [5.74, 6) is -5.46. The van der Waals surface area contributed by atoms with Gasteiger partial charge in [-0.05, 0) is 0 Å². The van der Waals surface area contributed by atoms with Gasteiger partial charge in [0.1, 0.15) is 0 Å². The van der Waals surface area contributed by atoms with Crippen LogP contribution in [0.3, 0.4) is 0 Å². The minimum Gasteiger partial charge on any atom is -0.476 e. The Labute approximate surface area is 103 Å². The summed E-state index contributed by atoms with van der Waals surface area (Å²) in [7, 11) is 0. The molecule has 0 saturated heterocycles. The molecule has 0 unspecified atom stereocenters. The van der Waals surface area contributed by atoms with E-state index < -0.39 is 23.4 Å². The van der Waals surface area contributed by atoms with Gasteiger partial charge in [-0.3, -0.25) is 0 Å². The number of carboxylic acid groups (broad SMARTS) is 1. The van der Waals surface area contributed by atoms with Crippen molar-refractivity contribution in [2.24, 2.45) is 0 Å². The van der Waals surface area contributed by atoms with Gasteiger partial charge in [0, 0.05) is 23.2 Å². The van der Waals surface area contributed by atoms with Crippen LogP contribution in [-0.4, -0.2) is 16.1 Å². The summed E-state index contributed by atoms with van der Waals surface area (Å²) < 4.78 is 38.5. The Bertz CT molecular complexity index is 592. The van der Waals surface area contributed by atoms with Gasteiger partial charge >= 0.3 is 5.97 Å². The van der Waals surface area contributed by atoms with Crippen LogP contribution in [0.5, 0.6) is 0 Å². The molecular weight excluding hydrogens is 269 g/mol. The second-order valence-corrected chi connectivity index (χ2v) is 4.08. The molecule has 2 N–H and O–H groups in total. The van der Waals surface area contributed by atoms with Crippen LogP contribution in [0.25, 0.3) is 0 Å². The number of thiazole rings is 1. The van der Waals surface area contributed by atoms with Crippen LogP contribution in [0.4, 0.5) is 24.0 Å². The number of nitrogens with one attached hydrogen (secondary N) is 1. The van der Waals surface area contributed by atoms with Crippen molar-refractivity contribution in [1.82, 2.24) is 4.98 Å². The van der Waals surface area contributed by atoms with Crippen LogP contribution in [0.2, 0.25) is 0 Å². The molecule has 4 nitrogen and oxygen atoms in total. The lowest BCUT2D eigenvalue weighted by molar-refractivity contribution is 0.0691. The number of benzene rings is 1. The van der Waals surface area contributed by atoms with Crippen molar-refractivity contribution in [3.05, 3.63) is 40.7 Å². The van der Waals surface area contributed by atoms with Crippen molar-refractivity contribution < 1.29 is 23.1 Å². The third kappa shape index (κ3) is 2.43. The summed E-state index contributed by atoms with van der Waals surface area (Å²) in [5, 5.41) is 12.5. The van der Waals surface area contributed by atoms with Gasteiger partial charge in [0.25, 0.3) is 0 Å². The number of anilines is 2. The van der Waals surface area contributed by atoms with E-state index in [2.05, 4.69) is 10.3 Å². The van der Waals surface area contributed by atoms with Crippen molar-refractivity contribution in [2.75, 3.05) is 5.32 Å². The summed E-state index contributed by atoms with van der Waals surface area (Å²) in [6.07, 6.45) is 0. The average Bonchev–Trinajstić information content (AvgIpc) is 2.74. The van der Waals surface area contributed by atoms with Crippen molar-refractivity contribution in [1.29, 1.82) is 0 Å². The Morgan fingerprint density at radius 1 is 1.28 bits per heavy atom. The van der Waals surface area contributed by atoms with Crippen molar-refractivity contribution in [3.63, 3.8) is 0 Å². The first-order valence-electron chi connectivity index (χ1n) is 4.58. The zero-order valence-electron chi connectivity index (χ0n) is 8.58. The molecule has 0 amide bonds. The van der Waals surface area contributed by atoms with Crippen LogP contribution in [-0.2, 0) is 0 Å². The van der Waals surface area contributed by atoms with Crippen LogP contribution in [0.1, 0.15) is 10.5 Å². The fraction of sp³-hybridized carbons (Fsp3) is 0. The fourth-order valence-electron chi connectivity index (χ4n) is 1.18. The molecular formula is C10H5F3N2O2S. The minimum absolute atomic E-state index is 0.0577. The number of aromatic nitrogens is 1. The number of halogens is 3. The van der Waals surface area contributed by atoms with E-state index in [4.69, 9.17) is 5.11 Å². The quantitative estimate of drug-likeness (QED) is 0.844. The lowest BCUT2D eigenvalue weighted by atomic mass is 10.3. The van der Waals surface area contributed by atoms with E-state index >= 15 is 0 Å². The lowest BCUT2D eigenvalue weighted by Crippen LogP contribution is -1.98. The number of carbonyl (C=O) groups is 1. The number of hydrogen-bond acceptors (Lipinski definition) is 4. The Kier molecular flexibility index (Phi) is 3.19. The highest BCUT2D eigenvalue weighted by atomic mass is 32.1. The number of carboxylic acids is 1. The Balaban J connectivity index is 2.25. The molecule has 1 aromatic carbocycles. The molecule has 0 bridgehead atoms. The van der Waals surface area contributed by atoms with Gasteiger partial charge in [0.15, 0.2) is 28.3 Å². The van der Waals surface area contributed by atoms with Gasteiger partial charge in [-0.15, -0.1) is 11.3 Å². The number of nitrogens with zero attached hydrogens (tertiary/aromatic N) is 1. The van der Waals surface area contributed by atoms with Crippen molar-refractivity contribution in [2.45, 2.75) is 0 Å². The highest BCUT2D eigenvalue weighted by Gasteiger charge is 2.12. The SMILES string of the molecule is O=C(O)c1csc(Nc2cc(F)c(F)c(F)c2)n1. The third-order valence-electron chi connectivity index (χ3n) is 1.96. The molecule has 0 fully saturated rings. The van der Waals surface area contributed by atoms with Crippen LogP contribution in [0, 0.1) is 17.5 Å². The Morgan fingerprint density at radius 2 is 1.89 bits per heavy atom. The number of hydrogen-bond donors (Lipinski definition) is 2. The molecule has 8 heteroatoms. The van der Waals surface area contributed by atoms with Crippen LogP contribution < -0.4 is 5.32 Å². The number of rotatable bonds is 3. The molecule has 0 aliphatic carbocycles. The zero-order valence-corrected chi connectivity index (χ0v) is 9.39. The van der Waals surface area contributed by atoms with Gasteiger partial charge in [0.2, 0.25) is 0 Å². The summed E-state index contributed by atoms with van der Waals surface area (Å²) in [6.45, 7) is 0. The molecule has 0 aliphatic heterocycles. The average molecular weight is 274 g/mol. The smallest absolute Gasteiger partial charge is 0.355 e. The first-order valence-corrected chi connectivity index (χ1v) is 5.45. The van der Waals surface area contributed by atoms with Gasteiger partial charge in [-0.2, -0.15) is 0 Å². The summed E-state index contributed by atoms with van der Waals surface area (Å²) in [4.78, 5) is 14.2. The third-order valence-corrected chi connectivity index (χ3v) is 2.72. The standard InChI is InChI=1S/C10H5F3N2O2S/c11-5-1-4(2-6(12)8(5)13)14-10-15-7(3-18-10)9(16)17/h1-3H,(H,14,15)(H,16,17). The molecule has 94 valence electrons. The summed E-state index contributed by atoms with van der Waals surface area (Å²) in [5.41, 5.74) is -0.247. The maximum atomic E-state index is 12.9. The lowest BCUT2D eigenvalue weighted by Gasteiger charge is -2.03. The van der Waals surface area contributed by atoms with E-state index in [9.17, 15) is 18.0 Å². The summed E-state index contributed by atoms with van der Waals surface area (Å²) >= 11 is 0.947. The van der Waals surface area contributed by atoms with E-state index in [-0.39, 0.29) is 16.5 Å². The largest absolute Gasteiger partial charge is 0.476 e. The Hall–Kier alpha value is -2.09. The van der Waals surface area contributed by atoms with Crippen LogP contribution in [0.15, 0.2) is 17.5 Å². The van der Waals surface area contributed by atoms with Gasteiger partial charge in [-0.25, -0.2) is 22.9 Å². The topological polar surface area (TPSA) is 62.2 Å². The highest BCUT2D eigenvalue weighted by Crippen LogP contribution is 2.23. The summed E-state index contributed by atoms with van der Waals surface area (Å²) in [6, 6.07) is 1.50. The molecule has 18 heavy (non-hydrogen) atoms. The molecule has 2 rings (SSSR count). The Morgan fingerprint density at radius 3 is 2.39 bits per heavy atom. The van der Waals surface area contributed by atoms with Crippen molar-refractivity contribution in [3.8, 4) is 0 Å². The van der Waals surface area contributed by atoms with E-state index in [1.165, 1.54) is 5.38 Å². The first kappa shape index (κ1) is 12.4. The molecule has 0 aliphatic rings. The predicted molar refractivity (Wildman–Crippen MR) is 58.7 cm³/mol. The van der Waals surface area contributed by atoms with E-state index in [0.717, 1.165) is 23.5 Å². The minimum atomic E-state index is -1.56. The maximum Gasteiger partial charge on any atom is 0.355 e. The highest BCUT2D eigenvalue weighted by molar-refractivity contribution is 7.14. The monoisotopic (exact) mass is 274 g/mol. The maximum absolute atomic E-state index is 12.9. The second-order valence-electron chi connectivity index (χ2n) is 3.22. The molecule has 1 aromatic heterocycles. The fourth-order valence-corrected chi connectivity index (χ4v) is 1.89. The molecule has 0 saturated carbocycles. The molecule has 2 aromatic rings. The first-order chi connectivity index (χ1) is 8.47. The van der Waals surface area contributed by atoms with Gasteiger partial charge < -0.3 is 10.4 Å². The van der Waals surface area contributed by atoms with E-state index in [1.54, 1.807) is 0 Å². The van der Waals surface area contributed by atoms with E-state index in [0.29, 0.717) is 0 Å². The molecule has 0 atom stereocenters.